The number of hydrogen-bond donors (Lipinski definition) is 1. The number of hydrogen-bond acceptors (Lipinski definition) is 4. The number of carbonyl (C=O) groups is 2. The first kappa shape index (κ1) is 23.0. The summed E-state index contributed by atoms with van der Waals surface area (Å²) >= 11 is 0. The summed E-state index contributed by atoms with van der Waals surface area (Å²) in [6.45, 7) is 5.83. The third kappa shape index (κ3) is 4.62. The Hall–Kier alpha value is -2.18. The lowest BCUT2D eigenvalue weighted by Gasteiger charge is -2.37. The highest BCUT2D eigenvalue weighted by atomic mass is 16.2. The molecule has 7 heteroatoms. The zero-order valence-electron chi connectivity index (χ0n) is 19.7. The minimum absolute atomic E-state index is 0.0271. The molecule has 32 heavy (non-hydrogen) atoms. The fraction of sp³-hybridized carbons (Fsp3) is 0.760. The highest BCUT2D eigenvalue weighted by Gasteiger charge is 2.34. The highest BCUT2D eigenvalue weighted by molar-refractivity contribution is 5.79. The van der Waals surface area contributed by atoms with Crippen LogP contribution >= 0.6 is 0 Å². The second-order valence-electron chi connectivity index (χ2n) is 9.78. The molecular formula is C25H38N4O3. The molecule has 0 spiro atoms. The van der Waals surface area contributed by atoms with Gasteiger partial charge in [-0.25, -0.2) is 4.98 Å². The zero-order chi connectivity index (χ0) is 22.7. The van der Waals surface area contributed by atoms with E-state index in [0.717, 1.165) is 70.0 Å². The Bertz CT molecular complexity index is 886. The van der Waals surface area contributed by atoms with Gasteiger partial charge in [-0.15, -0.1) is 0 Å². The fourth-order valence-corrected chi connectivity index (χ4v) is 5.75. The quantitative estimate of drug-likeness (QED) is 0.753. The molecule has 2 aliphatic heterocycles. The van der Waals surface area contributed by atoms with Gasteiger partial charge in [0.15, 0.2) is 0 Å². The van der Waals surface area contributed by atoms with E-state index in [1.165, 1.54) is 6.42 Å². The van der Waals surface area contributed by atoms with Gasteiger partial charge in [-0.3, -0.25) is 14.4 Å². The number of aromatic nitrogens is 2. The van der Waals surface area contributed by atoms with Crippen molar-refractivity contribution in [2.24, 2.45) is 11.8 Å². The largest absolute Gasteiger partial charge is 0.337 e. The van der Waals surface area contributed by atoms with Crippen LogP contribution in [0, 0.1) is 11.8 Å². The van der Waals surface area contributed by atoms with E-state index in [9.17, 15) is 14.4 Å². The van der Waals surface area contributed by atoms with Gasteiger partial charge >= 0.3 is 0 Å². The summed E-state index contributed by atoms with van der Waals surface area (Å²) in [5, 5.41) is 0. The maximum Gasteiger partial charge on any atom is 0.256 e. The average molecular weight is 443 g/mol. The maximum atomic E-state index is 13.1. The molecule has 1 saturated heterocycles. The van der Waals surface area contributed by atoms with Crippen LogP contribution in [0.4, 0.5) is 0 Å². The van der Waals surface area contributed by atoms with Crippen molar-refractivity contribution in [3.05, 3.63) is 27.4 Å². The number of carbonyl (C=O) groups excluding carboxylic acids is 2. The lowest BCUT2D eigenvalue weighted by atomic mass is 9.87. The molecule has 1 aromatic rings. The van der Waals surface area contributed by atoms with Gasteiger partial charge < -0.3 is 14.8 Å². The molecule has 0 unspecified atom stereocenters. The van der Waals surface area contributed by atoms with Crippen LogP contribution < -0.4 is 5.56 Å². The van der Waals surface area contributed by atoms with Crippen molar-refractivity contribution in [1.29, 1.82) is 0 Å². The maximum absolute atomic E-state index is 13.1. The number of rotatable bonds is 5. The number of nitrogens with zero attached hydrogens (tertiary/aromatic N) is 3. The Morgan fingerprint density at radius 1 is 1.03 bits per heavy atom. The Labute approximate surface area is 191 Å². The lowest BCUT2D eigenvalue weighted by Crippen LogP contribution is -2.45. The van der Waals surface area contributed by atoms with Crippen molar-refractivity contribution in [2.45, 2.75) is 97.1 Å². The van der Waals surface area contributed by atoms with E-state index < -0.39 is 0 Å². The average Bonchev–Trinajstić information content (AvgIpc) is 2.84. The van der Waals surface area contributed by atoms with Gasteiger partial charge in [0.05, 0.1) is 23.8 Å². The number of H-pyrrole nitrogens is 1. The molecule has 1 aromatic heterocycles. The molecular weight excluding hydrogens is 404 g/mol. The van der Waals surface area contributed by atoms with Gasteiger partial charge in [-0.1, -0.05) is 33.1 Å². The Balaban J connectivity index is 1.54. The number of piperidine rings is 1. The van der Waals surface area contributed by atoms with Crippen LogP contribution in [0.15, 0.2) is 4.79 Å². The predicted molar refractivity (Wildman–Crippen MR) is 123 cm³/mol. The van der Waals surface area contributed by atoms with Crippen molar-refractivity contribution in [1.82, 2.24) is 19.8 Å². The van der Waals surface area contributed by atoms with E-state index in [4.69, 9.17) is 4.98 Å². The molecule has 7 nitrogen and oxygen atoms in total. The molecule has 176 valence electrons. The molecule has 0 radical (unpaired) electrons. The van der Waals surface area contributed by atoms with Crippen molar-refractivity contribution in [3.63, 3.8) is 0 Å². The zero-order valence-corrected chi connectivity index (χ0v) is 19.7. The number of fused-ring (bicyclic) bond motifs is 1. The van der Waals surface area contributed by atoms with Crippen LogP contribution in [0.5, 0.6) is 0 Å². The van der Waals surface area contributed by atoms with Gasteiger partial charge in [-0.05, 0) is 44.9 Å². The molecule has 0 aromatic carbocycles. The van der Waals surface area contributed by atoms with Crippen molar-refractivity contribution in [2.75, 3.05) is 13.1 Å². The lowest BCUT2D eigenvalue weighted by molar-refractivity contribution is -0.140. The SMILES string of the molecule is CCC(CC)C(=O)N1CCCC[C@@H]1c1nc2c(c(=O)[nH]1)CN(C(=O)C1CCCCC1)CC2. The van der Waals surface area contributed by atoms with Gasteiger partial charge in [0.25, 0.3) is 5.56 Å². The Morgan fingerprint density at radius 2 is 1.75 bits per heavy atom. The summed E-state index contributed by atoms with van der Waals surface area (Å²) in [7, 11) is 0. The molecule has 3 aliphatic rings. The first-order valence-electron chi connectivity index (χ1n) is 12.7. The van der Waals surface area contributed by atoms with E-state index in [2.05, 4.69) is 18.8 Å². The first-order valence-corrected chi connectivity index (χ1v) is 12.7. The fourth-order valence-electron chi connectivity index (χ4n) is 5.75. The van der Waals surface area contributed by atoms with Crippen LogP contribution in [0.2, 0.25) is 0 Å². The van der Waals surface area contributed by atoms with E-state index in [-0.39, 0.29) is 35.3 Å². The molecule has 1 atom stereocenters. The van der Waals surface area contributed by atoms with Gasteiger partial charge in [-0.2, -0.15) is 0 Å². The molecule has 1 aliphatic carbocycles. The molecule has 3 heterocycles. The Morgan fingerprint density at radius 3 is 2.47 bits per heavy atom. The molecule has 1 N–H and O–H groups in total. The summed E-state index contributed by atoms with van der Waals surface area (Å²) in [6.07, 6.45) is 10.5. The van der Waals surface area contributed by atoms with Crippen molar-refractivity contribution in [3.8, 4) is 0 Å². The standard InChI is InChI=1S/C25H38N4O3/c1-3-17(4-2)25(32)29-14-9-8-12-21(29)22-26-20-13-15-28(16-19(20)23(30)27-22)24(31)18-10-6-5-7-11-18/h17-18,21H,3-16H2,1-2H3,(H,26,27,30)/t21-/m1/s1. The predicted octanol–water partition coefficient (Wildman–Crippen LogP) is 3.72. The minimum atomic E-state index is -0.156. The summed E-state index contributed by atoms with van der Waals surface area (Å²) in [5.41, 5.74) is 1.28. The van der Waals surface area contributed by atoms with Crippen molar-refractivity contribution >= 4 is 11.8 Å². The molecule has 1 saturated carbocycles. The number of amides is 2. The smallest absolute Gasteiger partial charge is 0.256 e. The van der Waals surface area contributed by atoms with E-state index in [1.54, 1.807) is 0 Å². The van der Waals surface area contributed by atoms with E-state index in [0.29, 0.717) is 30.9 Å². The van der Waals surface area contributed by atoms with Crippen LogP contribution in [-0.2, 0) is 22.6 Å². The molecule has 2 amide bonds. The van der Waals surface area contributed by atoms with Crippen molar-refractivity contribution < 1.29 is 9.59 Å². The number of nitrogens with one attached hydrogen (secondary N) is 1. The van der Waals surface area contributed by atoms with E-state index in [1.807, 2.05) is 9.80 Å². The van der Waals surface area contributed by atoms with E-state index >= 15 is 0 Å². The molecule has 0 bridgehead atoms. The molecule has 2 fully saturated rings. The van der Waals surface area contributed by atoms with Crippen LogP contribution in [0.3, 0.4) is 0 Å². The summed E-state index contributed by atoms with van der Waals surface area (Å²) in [5.74, 6) is 1.15. The monoisotopic (exact) mass is 442 g/mol. The number of aromatic amines is 1. The third-order valence-electron chi connectivity index (χ3n) is 7.79. The minimum Gasteiger partial charge on any atom is -0.337 e. The Kier molecular flexibility index (Phi) is 7.31. The van der Waals surface area contributed by atoms with Gasteiger partial charge in [0.1, 0.15) is 5.82 Å². The number of likely N-dealkylation sites (tertiary alicyclic amines) is 1. The highest BCUT2D eigenvalue weighted by Crippen LogP contribution is 2.32. The van der Waals surface area contributed by atoms with Crippen LogP contribution in [0.25, 0.3) is 0 Å². The summed E-state index contributed by atoms with van der Waals surface area (Å²) in [4.78, 5) is 50.9. The normalized spacial score (nSPS) is 22.2. The summed E-state index contributed by atoms with van der Waals surface area (Å²) in [6, 6.07) is -0.156. The van der Waals surface area contributed by atoms with Gasteiger partial charge in [0.2, 0.25) is 11.8 Å². The second kappa shape index (κ2) is 10.2. The van der Waals surface area contributed by atoms with Gasteiger partial charge in [0, 0.05) is 31.3 Å². The third-order valence-corrected chi connectivity index (χ3v) is 7.79. The topological polar surface area (TPSA) is 86.4 Å². The molecule has 4 rings (SSSR count). The van der Waals surface area contributed by atoms with Crippen LogP contribution in [-0.4, -0.2) is 44.7 Å². The van der Waals surface area contributed by atoms with Crippen LogP contribution in [0.1, 0.15) is 101 Å². The second-order valence-corrected chi connectivity index (χ2v) is 9.78. The summed E-state index contributed by atoms with van der Waals surface area (Å²) < 4.78 is 0. The first-order chi connectivity index (χ1) is 15.5.